The van der Waals surface area contributed by atoms with Crippen LogP contribution in [-0.2, 0) is 0 Å². The molecule has 0 atom stereocenters. The van der Waals surface area contributed by atoms with Gasteiger partial charge in [-0.25, -0.2) is 4.68 Å². The van der Waals surface area contributed by atoms with E-state index in [-0.39, 0.29) is 17.5 Å². The topological polar surface area (TPSA) is 93.5 Å². The minimum atomic E-state index is -0.199. The van der Waals surface area contributed by atoms with Crippen LogP contribution in [0.15, 0.2) is 53.3 Å². The Balaban J connectivity index is 1.29. The monoisotopic (exact) mass is 432 g/mol. The number of anilines is 1. The summed E-state index contributed by atoms with van der Waals surface area (Å²) in [6.07, 6.45) is 2.31. The van der Waals surface area contributed by atoms with Crippen LogP contribution in [-0.4, -0.2) is 64.1 Å². The number of likely N-dealkylation sites (tertiary alicyclic amines) is 1. The highest BCUT2D eigenvalue weighted by molar-refractivity contribution is 5.92. The SMILES string of the molecule is COc1ccccc1-c1ccc(=O)n(C2CN(C(=O)c3ccc(N4CCCC4)nn3)C2)n1. The Hall–Kier alpha value is -3.75. The summed E-state index contributed by atoms with van der Waals surface area (Å²) in [5, 5.41) is 12.9. The molecule has 0 unspecified atom stereocenters. The highest BCUT2D eigenvalue weighted by Crippen LogP contribution is 2.28. The van der Waals surface area contributed by atoms with Gasteiger partial charge in [0.15, 0.2) is 11.5 Å². The molecule has 2 saturated heterocycles. The van der Waals surface area contributed by atoms with E-state index in [4.69, 9.17) is 4.74 Å². The van der Waals surface area contributed by atoms with Crippen molar-refractivity contribution in [2.75, 3.05) is 38.2 Å². The number of methoxy groups -OCH3 is 1. The molecule has 164 valence electrons. The molecule has 9 heteroatoms. The van der Waals surface area contributed by atoms with Crippen molar-refractivity contribution in [1.82, 2.24) is 24.9 Å². The van der Waals surface area contributed by atoms with Crippen LogP contribution >= 0.6 is 0 Å². The average Bonchev–Trinajstić information content (AvgIpc) is 3.34. The normalized spacial score (nSPS) is 16.2. The summed E-state index contributed by atoms with van der Waals surface area (Å²) in [5.74, 6) is 1.31. The first kappa shape index (κ1) is 20.2. The van der Waals surface area contributed by atoms with Gasteiger partial charge >= 0.3 is 0 Å². The van der Waals surface area contributed by atoms with Crippen LogP contribution in [0.3, 0.4) is 0 Å². The van der Waals surface area contributed by atoms with E-state index >= 15 is 0 Å². The predicted octanol–water partition coefficient (Wildman–Crippen LogP) is 2.01. The molecule has 2 fully saturated rings. The van der Waals surface area contributed by atoms with Gasteiger partial charge in [0.25, 0.3) is 11.5 Å². The van der Waals surface area contributed by atoms with E-state index in [1.165, 1.54) is 10.7 Å². The molecule has 3 aromatic rings. The summed E-state index contributed by atoms with van der Waals surface area (Å²) >= 11 is 0. The van der Waals surface area contributed by atoms with Crippen LogP contribution in [0.2, 0.25) is 0 Å². The summed E-state index contributed by atoms with van der Waals surface area (Å²) in [5.41, 5.74) is 1.57. The van der Waals surface area contributed by atoms with Crippen molar-refractivity contribution in [2.45, 2.75) is 18.9 Å². The van der Waals surface area contributed by atoms with Gasteiger partial charge in [-0.3, -0.25) is 9.59 Å². The van der Waals surface area contributed by atoms with Crippen molar-refractivity contribution in [3.8, 4) is 17.0 Å². The van der Waals surface area contributed by atoms with Gasteiger partial charge in [0.1, 0.15) is 5.75 Å². The number of nitrogens with zero attached hydrogens (tertiary/aromatic N) is 6. The molecule has 0 N–H and O–H groups in total. The summed E-state index contributed by atoms with van der Waals surface area (Å²) < 4.78 is 6.86. The van der Waals surface area contributed by atoms with Crippen molar-refractivity contribution < 1.29 is 9.53 Å². The minimum absolute atomic E-state index is 0.182. The van der Waals surface area contributed by atoms with E-state index in [1.807, 2.05) is 30.3 Å². The van der Waals surface area contributed by atoms with Crippen LogP contribution < -0.4 is 15.2 Å². The van der Waals surface area contributed by atoms with Gasteiger partial charge in [-0.05, 0) is 43.2 Å². The van der Waals surface area contributed by atoms with Crippen LogP contribution in [0.1, 0.15) is 29.4 Å². The number of para-hydroxylation sites is 1. The second-order valence-electron chi connectivity index (χ2n) is 8.04. The molecule has 0 saturated carbocycles. The zero-order valence-electron chi connectivity index (χ0n) is 17.8. The zero-order valence-corrected chi connectivity index (χ0v) is 17.8. The number of amides is 1. The number of carbonyl (C=O) groups excluding carboxylic acids is 1. The molecule has 1 aromatic carbocycles. The first-order valence-electron chi connectivity index (χ1n) is 10.8. The summed E-state index contributed by atoms with van der Waals surface area (Å²) in [7, 11) is 1.60. The third-order valence-electron chi connectivity index (χ3n) is 6.00. The van der Waals surface area contributed by atoms with E-state index in [0.29, 0.717) is 30.2 Å². The fourth-order valence-corrected chi connectivity index (χ4v) is 4.18. The van der Waals surface area contributed by atoms with Crippen molar-refractivity contribution >= 4 is 11.7 Å². The molecular weight excluding hydrogens is 408 g/mol. The molecule has 32 heavy (non-hydrogen) atoms. The van der Waals surface area contributed by atoms with Gasteiger partial charge in [-0.15, -0.1) is 10.2 Å². The van der Waals surface area contributed by atoms with E-state index in [0.717, 1.165) is 37.3 Å². The molecule has 2 aromatic heterocycles. The highest BCUT2D eigenvalue weighted by atomic mass is 16.5. The first-order chi connectivity index (χ1) is 15.6. The van der Waals surface area contributed by atoms with Crippen LogP contribution in [0, 0.1) is 0 Å². The smallest absolute Gasteiger partial charge is 0.274 e. The first-order valence-corrected chi connectivity index (χ1v) is 10.8. The number of rotatable bonds is 5. The zero-order chi connectivity index (χ0) is 22.1. The van der Waals surface area contributed by atoms with Gasteiger partial charge < -0.3 is 14.5 Å². The Morgan fingerprint density at radius 1 is 1.00 bits per heavy atom. The van der Waals surface area contributed by atoms with Gasteiger partial charge in [0.2, 0.25) is 0 Å². The average molecular weight is 432 g/mol. The third kappa shape index (κ3) is 3.70. The van der Waals surface area contributed by atoms with Crippen LogP contribution in [0.5, 0.6) is 5.75 Å². The van der Waals surface area contributed by atoms with Gasteiger partial charge in [-0.1, -0.05) is 12.1 Å². The summed E-state index contributed by atoms with van der Waals surface area (Å²) in [4.78, 5) is 29.1. The molecule has 5 rings (SSSR count). The molecule has 0 aliphatic carbocycles. The lowest BCUT2D eigenvalue weighted by Crippen LogP contribution is -2.53. The van der Waals surface area contributed by atoms with Crippen molar-refractivity contribution in [3.63, 3.8) is 0 Å². The number of benzene rings is 1. The molecule has 9 nitrogen and oxygen atoms in total. The second kappa shape index (κ2) is 8.41. The maximum absolute atomic E-state index is 12.8. The molecule has 0 spiro atoms. The fourth-order valence-electron chi connectivity index (χ4n) is 4.18. The molecule has 0 radical (unpaired) electrons. The lowest BCUT2D eigenvalue weighted by molar-refractivity contribution is 0.0486. The molecule has 4 heterocycles. The van der Waals surface area contributed by atoms with Gasteiger partial charge in [0.05, 0.1) is 18.8 Å². The fraction of sp³-hybridized carbons (Fsp3) is 0.348. The Kier molecular flexibility index (Phi) is 5.30. The maximum Gasteiger partial charge on any atom is 0.274 e. The Labute approximate surface area is 185 Å². The standard InChI is InChI=1S/C23H24N6O3/c1-32-20-7-3-2-6-17(20)18-9-11-22(30)29(26-18)16-14-28(15-16)23(31)19-8-10-21(25-24-19)27-12-4-5-13-27/h2-3,6-11,16H,4-5,12-15H2,1H3. The van der Waals surface area contributed by atoms with E-state index in [1.54, 1.807) is 24.1 Å². The van der Waals surface area contributed by atoms with Crippen LogP contribution in [0.25, 0.3) is 11.3 Å². The predicted molar refractivity (Wildman–Crippen MR) is 119 cm³/mol. The Morgan fingerprint density at radius 3 is 2.50 bits per heavy atom. The maximum atomic E-state index is 12.8. The largest absolute Gasteiger partial charge is 0.496 e. The Morgan fingerprint density at radius 2 is 1.78 bits per heavy atom. The number of aromatic nitrogens is 4. The quantitative estimate of drug-likeness (QED) is 0.609. The highest BCUT2D eigenvalue weighted by Gasteiger charge is 2.34. The number of hydrogen-bond acceptors (Lipinski definition) is 7. The summed E-state index contributed by atoms with van der Waals surface area (Å²) in [6.45, 7) is 2.75. The molecule has 0 bridgehead atoms. The van der Waals surface area contributed by atoms with Gasteiger partial charge in [-0.2, -0.15) is 5.10 Å². The summed E-state index contributed by atoms with van der Waals surface area (Å²) in [6, 6.07) is 14.1. The molecule has 2 aliphatic heterocycles. The third-order valence-corrected chi connectivity index (χ3v) is 6.00. The van der Waals surface area contributed by atoms with Crippen LogP contribution in [0.4, 0.5) is 5.82 Å². The molecule has 2 aliphatic rings. The van der Waals surface area contributed by atoms with Gasteiger partial charge in [0, 0.05) is 37.8 Å². The van der Waals surface area contributed by atoms with Crippen molar-refractivity contribution in [2.24, 2.45) is 0 Å². The van der Waals surface area contributed by atoms with Crippen molar-refractivity contribution in [1.29, 1.82) is 0 Å². The molecule has 1 amide bonds. The van der Waals surface area contributed by atoms with E-state index < -0.39 is 0 Å². The van der Waals surface area contributed by atoms with E-state index in [9.17, 15) is 9.59 Å². The number of ether oxygens (including phenoxy) is 1. The number of hydrogen-bond donors (Lipinski definition) is 0. The Bertz CT molecular complexity index is 1180. The van der Waals surface area contributed by atoms with Crippen molar-refractivity contribution in [3.05, 3.63) is 64.6 Å². The molecular formula is C23H24N6O3. The lowest BCUT2D eigenvalue weighted by Gasteiger charge is -2.39. The number of carbonyl (C=O) groups is 1. The van der Waals surface area contributed by atoms with E-state index in [2.05, 4.69) is 20.2 Å². The second-order valence-corrected chi connectivity index (χ2v) is 8.04. The minimum Gasteiger partial charge on any atom is -0.496 e. The lowest BCUT2D eigenvalue weighted by atomic mass is 10.1.